The monoisotopic (exact) mass is 305 g/mol. The third-order valence-electron chi connectivity index (χ3n) is 2.88. The summed E-state index contributed by atoms with van der Waals surface area (Å²) >= 11 is 1.29. The van der Waals surface area contributed by atoms with Crippen molar-refractivity contribution in [1.29, 1.82) is 0 Å². The van der Waals surface area contributed by atoms with Gasteiger partial charge in [-0.1, -0.05) is 13.0 Å². The highest BCUT2D eigenvalue weighted by molar-refractivity contribution is 7.11. The van der Waals surface area contributed by atoms with Gasteiger partial charge in [-0.15, -0.1) is 0 Å². The first-order valence-corrected chi connectivity index (χ1v) is 7.65. The molecule has 2 heterocycles. The topological polar surface area (TPSA) is 92.9 Å². The summed E-state index contributed by atoms with van der Waals surface area (Å²) in [6.07, 6.45) is 4.82. The first kappa shape index (κ1) is 15.2. The maximum absolute atomic E-state index is 11.6. The Morgan fingerprint density at radius 2 is 2.29 bits per heavy atom. The third kappa shape index (κ3) is 4.16. The smallest absolute Gasteiger partial charge is 0.221 e. The number of nitrogen functional groups attached to an aromatic ring is 1. The minimum atomic E-state index is 0.0461. The van der Waals surface area contributed by atoms with Gasteiger partial charge in [0.1, 0.15) is 10.8 Å². The van der Waals surface area contributed by atoms with Crippen LogP contribution in [-0.4, -0.2) is 28.4 Å². The van der Waals surface area contributed by atoms with E-state index in [1.807, 2.05) is 19.1 Å². The van der Waals surface area contributed by atoms with E-state index in [1.165, 1.54) is 11.5 Å². The lowest BCUT2D eigenvalue weighted by molar-refractivity contribution is -0.120. The molecule has 0 saturated carbocycles. The molecule has 0 spiro atoms. The summed E-state index contributed by atoms with van der Waals surface area (Å²) in [5, 5.41) is 6.94. The van der Waals surface area contributed by atoms with Gasteiger partial charge < -0.3 is 16.4 Å². The Kier molecular flexibility index (Phi) is 5.51. The third-order valence-corrected chi connectivity index (χ3v) is 3.70. The van der Waals surface area contributed by atoms with Crippen LogP contribution >= 0.6 is 11.5 Å². The molecule has 0 aliphatic carbocycles. The molecule has 0 aromatic carbocycles. The van der Waals surface area contributed by atoms with E-state index in [0.29, 0.717) is 25.3 Å². The lowest BCUT2D eigenvalue weighted by atomic mass is 10.1. The van der Waals surface area contributed by atoms with Gasteiger partial charge in [-0.25, -0.2) is 0 Å². The van der Waals surface area contributed by atoms with Crippen molar-refractivity contribution in [1.82, 2.24) is 14.7 Å². The second kappa shape index (κ2) is 7.58. The van der Waals surface area contributed by atoms with Crippen molar-refractivity contribution in [2.24, 2.45) is 0 Å². The van der Waals surface area contributed by atoms with Crippen molar-refractivity contribution in [2.75, 3.05) is 24.1 Å². The van der Waals surface area contributed by atoms with Gasteiger partial charge in [0.25, 0.3) is 0 Å². The van der Waals surface area contributed by atoms with E-state index in [2.05, 4.69) is 20.0 Å². The number of amides is 1. The van der Waals surface area contributed by atoms with Gasteiger partial charge >= 0.3 is 0 Å². The quantitative estimate of drug-likeness (QED) is 0.728. The van der Waals surface area contributed by atoms with E-state index < -0.39 is 0 Å². The van der Waals surface area contributed by atoms with Crippen LogP contribution < -0.4 is 16.4 Å². The molecule has 0 bridgehead atoms. The van der Waals surface area contributed by atoms with Crippen LogP contribution in [0.1, 0.15) is 19.8 Å². The number of nitrogens with zero attached hydrogens (tertiary/aromatic N) is 2. The summed E-state index contributed by atoms with van der Waals surface area (Å²) in [5.41, 5.74) is 7.69. The number of anilines is 2. The fourth-order valence-corrected chi connectivity index (χ4v) is 2.62. The molecule has 2 rings (SSSR count). The molecule has 0 fully saturated rings. The zero-order valence-electron chi connectivity index (χ0n) is 11.9. The van der Waals surface area contributed by atoms with Crippen LogP contribution in [0, 0.1) is 0 Å². The summed E-state index contributed by atoms with van der Waals surface area (Å²) in [5.74, 6) is 0.524. The van der Waals surface area contributed by atoms with Gasteiger partial charge in [-0.3, -0.25) is 9.78 Å². The van der Waals surface area contributed by atoms with Crippen molar-refractivity contribution < 1.29 is 4.79 Å². The predicted molar refractivity (Wildman–Crippen MR) is 86.2 cm³/mol. The molecule has 6 nitrogen and oxygen atoms in total. The molecule has 7 heteroatoms. The zero-order valence-corrected chi connectivity index (χ0v) is 12.7. The Labute approximate surface area is 128 Å². The number of hydrogen-bond donors (Lipinski definition) is 3. The van der Waals surface area contributed by atoms with Gasteiger partial charge in [0.15, 0.2) is 0 Å². The van der Waals surface area contributed by atoms with Crippen molar-refractivity contribution in [3.8, 4) is 11.1 Å². The van der Waals surface area contributed by atoms with Crippen molar-refractivity contribution in [3.63, 3.8) is 0 Å². The molecule has 112 valence electrons. The minimum Gasteiger partial charge on any atom is -0.382 e. The van der Waals surface area contributed by atoms with E-state index in [0.717, 1.165) is 22.5 Å². The van der Waals surface area contributed by atoms with Crippen LogP contribution in [-0.2, 0) is 4.79 Å². The van der Waals surface area contributed by atoms with Gasteiger partial charge in [-0.2, -0.15) is 4.37 Å². The first-order chi connectivity index (χ1) is 10.2. The summed E-state index contributed by atoms with van der Waals surface area (Å²) in [4.78, 5) is 15.6. The second-order valence-corrected chi connectivity index (χ2v) is 5.31. The Morgan fingerprint density at radius 3 is 3.00 bits per heavy atom. The van der Waals surface area contributed by atoms with E-state index in [1.54, 1.807) is 12.4 Å². The number of hydrogen-bond acceptors (Lipinski definition) is 6. The summed E-state index contributed by atoms with van der Waals surface area (Å²) in [6, 6.07) is 3.79. The van der Waals surface area contributed by atoms with Crippen LogP contribution in [0.4, 0.5) is 10.8 Å². The fraction of sp³-hybridized carbons (Fsp3) is 0.357. The van der Waals surface area contributed by atoms with E-state index in [-0.39, 0.29) is 5.91 Å². The van der Waals surface area contributed by atoms with Crippen LogP contribution in [0.2, 0.25) is 0 Å². The van der Waals surface area contributed by atoms with Crippen molar-refractivity contribution >= 4 is 28.3 Å². The number of rotatable bonds is 7. The number of carbonyl (C=O) groups is 1. The summed E-state index contributed by atoms with van der Waals surface area (Å²) in [6.45, 7) is 3.29. The SMILES string of the molecule is CCCNC(=O)CCNc1snc(N)c1-c1cccnc1. The average molecular weight is 305 g/mol. The fourth-order valence-electron chi connectivity index (χ4n) is 1.86. The molecule has 0 saturated heterocycles. The molecule has 0 atom stereocenters. The van der Waals surface area contributed by atoms with Crippen LogP contribution in [0.15, 0.2) is 24.5 Å². The Morgan fingerprint density at radius 1 is 1.43 bits per heavy atom. The van der Waals surface area contributed by atoms with Crippen molar-refractivity contribution in [2.45, 2.75) is 19.8 Å². The Bertz CT molecular complexity index is 584. The summed E-state index contributed by atoms with van der Waals surface area (Å²) in [7, 11) is 0. The Balaban J connectivity index is 1.97. The molecule has 0 radical (unpaired) electrons. The molecule has 2 aromatic rings. The maximum Gasteiger partial charge on any atom is 0.221 e. The minimum absolute atomic E-state index is 0.0461. The van der Waals surface area contributed by atoms with E-state index >= 15 is 0 Å². The molecule has 4 N–H and O–H groups in total. The normalized spacial score (nSPS) is 10.3. The standard InChI is InChI=1S/C14H19N5OS/c1-2-6-17-11(20)5-8-18-14-12(13(15)19-21-14)10-4-3-7-16-9-10/h3-4,7,9,18H,2,5-6,8H2,1H3,(H2,15,19)(H,17,20). The average Bonchev–Trinajstić information content (AvgIpc) is 2.87. The largest absolute Gasteiger partial charge is 0.382 e. The lowest BCUT2D eigenvalue weighted by Crippen LogP contribution is -2.25. The van der Waals surface area contributed by atoms with E-state index in [9.17, 15) is 4.79 Å². The lowest BCUT2D eigenvalue weighted by Gasteiger charge is -2.07. The molecule has 0 aliphatic rings. The zero-order chi connectivity index (χ0) is 15.1. The highest BCUT2D eigenvalue weighted by Gasteiger charge is 2.13. The number of carbonyl (C=O) groups excluding carboxylic acids is 1. The van der Waals surface area contributed by atoms with Gasteiger partial charge in [0.05, 0.1) is 5.56 Å². The molecule has 0 unspecified atom stereocenters. The number of nitrogens with one attached hydrogen (secondary N) is 2. The van der Waals surface area contributed by atoms with E-state index in [4.69, 9.17) is 5.73 Å². The second-order valence-electron chi connectivity index (χ2n) is 4.54. The molecular formula is C14H19N5OS. The first-order valence-electron chi connectivity index (χ1n) is 6.88. The Hall–Kier alpha value is -2.15. The van der Waals surface area contributed by atoms with Crippen LogP contribution in [0.25, 0.3) is 11.1 Å². The van der Waals surface area contributed by atoms with Crippen LogP contribution in [0.3, 0.4) is 0 Å². The number of nitrogens with two attached hydrogens (primary N) is 1. The molecule has 2 aromatic heterocycles. The maximum atomic E-state index is 11.6. The summed E-state index contributed by atoms with van der Waals surface area (Å²) < 4.78 is 4.17. The van der Waals surface area contributed by atoms with Gasteiger partial charge in [0, 0.05) is 37.5 Å². The molecule has 1 amide bonds. The predicted octanol–water partition coefficient (Wildman–Crippen LogP) is 2.12. The van der Waals surface area contributed by atoms with Crippen molar-refractivity contribution in [3.05, 3.63) is 24.5 Å². The molecule has 21 heavy (non-hydrogen) atoms. The number of pyridine rings is 1. The number of aromatic nitrogens is 2. The van der Waals surface area contributed by atoms with Gasteiger partial charge in [-0.05, 0) is 24.0 Å². The highest BCUT2D eigenvalue weighted by atomic mass is 32.1. The molecular weight excluding hydrogens is 286 g/mol. The van der Waals surface area contributed by atoms with Crippen LogP contribution in [0.5, 0.6) is 0 Å². The highest BCUT2D eigenvalue weighted by Crippen LogP contribution is 2.36. The van der Waals surface area contributed by atoms with Gasteiger partial charge in [0.2, 0.25) is 5.91 Å². The molecule has 0 aliphatic heterocycles.